The van der Waals surface area contributed by atoms with Gasteiger partial charge in [0.1, 0.15) is 5.69 Å². The molecule has 0 saturated carbocycles. The normalized spacial score (nSPS) is 16.5. The van der Waals surface area contributed by atoms with Gasteiger partial charge in [0, 0.05) is 62.4 Å². The lowest BCUT2D eigenvalue weighted by Crippen LogP contribution is -2.41. The number of likely N-dealkylation sites (tertiary alicyclic amines) is 1. The quantitative estimate of drug-likeness (QED) is 0.619. The third kappa shape index (κ3) is 4.56. The van der Waals surface area contributed by atoms with Gasteiger partial charge >= 0.3 is 0 Å². The number of piperidine rings is 1. The molecule has 170 valence electrons. The van der Waals surface area contributed by atoms with E-state index in [9.17, 15) is 9.59 Å². The van der Waals surface area contributed by atoms with Crippen molar-refractivity contribution >= 4 is 22.7 Å². The van der Waals surface area contributed by atoms with Crippen molar-refractivity contribution in [2.24, 2.45) is 13.0 Å². The van der Waals surface area contributed by atoms with Crippen molar-refractivity contribution in [3.63, 3.8) is 0 Å². The molecular weight excluding hydrogens is 402 g/mol. The zero-order valence-corrected chi connectivity index (χ0v) is 19.3. The first-order valence-corrected chi connectivity index (χ1v) is 11.6. The van der Waals surface area contributed by atoms with Crippen molar-refractivity contribution in [1.29, 1.82) is 0 Å². The van der Waals surface area contributed by atoms with Crippen LogP contribution in [0.1, 0.15) is 47.9 Å². The number of rotatable bonds is 7. The van der Waals surface area contributed by atoms with Crippen LogP contribution in [0.2, 0.25) is 0 Å². The third-order valence-corrected chi connectivity index (χ3v) is 6.69. The standard InChI is InChI=1S/C25H33N5O2/c1-4-30-15-12-22(27-30)25(32)29-14-7-8-19(17-29)16-24(31)26-13-11-20-18(2)28(3)23-10-6-5-9-21(20)23/h5-6,9-10,12,15,19H,4,7-8,11,13-14,16-17H2,1-3H3,(H,26,31)/t19-/m0/s1. The number of aromatic nitrogens is 3. The fourth-order valence-electron chi connectivity index (χ4n) is 4.81. The first-order chi connectivity index (χ1) is 15.5. The Hall–Kier alpha value is -3.09. The molecule has 2 aromatic heterocycles. The molecule has 0 bridgehead atoms. The minimum atomic E-state index is -0.0336. The molecule has 2 amide bonds. The third-order valence-electron chi connectivity index (χ3n) is 6.69. The molecule has 1 atom stereocenters. The van der Waals surface area contributed by atoms with E-state index in [0.29, 0.717) is 25.2 Å². The maximum absolute atomic E-state index is 12.8. The van der Waals surface area contributed by atoms with E-state index in [4.69, 9.17) is 0 Å². The SMILES string of the molecule is CCn1ccc(C(=O)N2CCC[C@@H](CC(=O)NCCc3c(C)n(C)c4ccccc34)C2)n1. The molecule has 3 aromatic rings. The number of para-hydroxylation sites is 1. The van der Waals surface area contributed by atoms with Crippen LogP contribution in [0.5, 0.6) is 0 Å². The summed E-state index contributed by atoms with van der Waals surface area (Å²) in [7, 11) is 2.09. The fourth-order valence-corrected chi connectivity index (χ4v) is 4.81. The van der Waals surface area contributed by atoms with Crippen LogP contribution in [-0.4, -0.2) is 50.7 Å². The van der Waals surface area contributed by atoms with Gasteiger partial charge in [-0.3, -0.25) is 14.3 Å². The maximum Gasteiger partial charge on any atom is 0.274 e. The number of benzene rings is 1. The average molecular weight is 436 g/mol. The Balaban J connectivity index is 1.29. The van der Waals surface area contributed by atoms with Crippen LogP contribution in [-0.2, 0) is 24.8 Å². The lowest BCUT2D eigenvalue weighted by Gasteiger charge is -2.32. The molecule has 1 fully saturated rings. The van der Waals surface area contributed by atoms with Crippen LogP contribution in [0, 0.1) is 12.8 Å². The minimum absolute atomic E-state index is 0.0336. The van der Waals surface area contributed by atoms with E-state index in [-0.39, 0.29) is 17.7 Å². The van der Waals surface area contributed by atoms with Crippen LogP contribution in [0.25, 0.3) is 10.9 Å². The van der Waals surface area contributed by atoms with Gasteiger partial charge in [0.2, 0.25) is 5.91 Å². The monoisotopic (exact) mass is 435 g/mol. The molecule has 1 N–H and O–H groups in total. The summed E-state index contributed by atoms with van der Waals surface area (Å²) < 4.78 is 3.98. The molecular formula is C25H33N5O2. The van der Waals surface area contributed by atoms with E-state index in [1.165, 1.54) is 22.2 Å². The smallest absolute Gasteiger partial charge is 0.274 e. The van der Waals surface area contributed by atoms with Gasteiger partial charge in [0.15, 0.2) is 0 Å². The molecule has 0 spiro atoms. The predicted molar refractivity (Wildman–Crippen MR) is 126 cm³/mol. The first-order valence-electron chi connectivity index (χ1n) is 11.6. The topological polar surface area (TPSA) is 72.2 Å². The summed E-state index contributed by atoms with van der Waals surface area (Å²) in [5.41, 5.74) is 4.25. The Kier molecular flexibility index (Phi) is 6.63. The Morgan fingerprint density at radius 1 is 1.22 bits per heavy atom. The molecule has 32 heavy (non-hydrogen) atoms. The number of hydrogen-bond acceptors (Lipinski definition) is 3. The average Bonchev–Trinajstić information content (AvgIpc) is 3.38. The summed E-state index contributed by atoms with van der Waals surface area (Å²) in [4.78, 5) is 27.2. The van der Waals surface area contributed by atoms with Gasteiger partial charge in [0.05, 0.1) is 0 Å². The second-order valence-corrected chi connectivity index (χ2v) is 8.76. The predicted octanol–water partition coefficient (Wildman–Crippen LogP) is 3.30. The van der Waals surface area contributed by atoms with E-state index in [0.717, 1.165) is 32.4 Å². The number of hydrogen-bond donors (Lipinski definition) is 1. The molecule has 0 aliphatic carbocycles. The molecule has 4 rings (SSSR count). The van der Waals surface area contributed by atoms with Gasteiger partial charge in [-0.05, 0) is 56.7 Å². The van der Waals surface area contributed by atoms with Crippen molar-refractivity contribution in [1.82, 2.24) is 24.6 Å². The van der Waals surface area contributed by atoms with Gasteiger partial charge < -0.3 is 14.8 Å². The fraction of sp³-hybridized carbons (Fsp3) is 0.480. The molecule has 1 aliphatic heterocycles. The summed E-state index contributed by atoms with van der Waals surface area (Å²) in [6.45, 7) is 6.85. The molecule has 1 aliphatic rings. The highest BCUT2D eigenvalue weighted by Gasteiger charge is 2.27. The van der Waals surface area contributed by atoms with E-state index in [1.807, 2.05) is 18.0 Å². The van der Waals surface area contributed by atoms with Crippen molar-refractivity contribution in [3.05, 3.63) is 53.5 Å². The summed E-state index contributed by atoms with van der Waals surface area (Å²) >= 11 is 0. The van der Waals surface area contributed by atoms with Gasteiger partial charge in [-0.15, -0.1) is 0 Å². The Morgan fingerprint density at radius 2 is 2.03 bits per heavy atom. The van der Waals surface area contributed by atoms with Crippen molar-refractivity contribution < 1.29 is 9.59 Å². The van der Waals surface area contributed by atoms with Crippen LogP contribution >= 0.6 is 0 Å². The molecule has 1 aromatic carbocycles. The zero-order valence-electron chi connectivity index (χ0n) is 19.3. The lowest BCUT2D eigenvalue weighted by atomic mass is 9.94. The zero-order chi connectivity index (χ0) is 22.7. The van der Waals surface area contributed by atoms with Crippen molar-refractivity contribution in [2.45, 2.75) is 46.1 Å². The van der Waals surface area contributed by atoms with Gasteiger partial charge in [-0.25, -0.2) is 0 Å². The minimum Gasteiger partial charge on any atom is -0.356 e. The Morgan fingerprint density at radius 3 is 2.81 bits per heavy atom. The number of carbonyl (C=O) groups is 2. The Bertz CT molecular complexity index is 1110. The van der Waals surface area contributed by atoms with Gasteiger partial charge in [-0.1, -0.05) is 18.2 Å². The highest BCUT2D eigenvalue weighted by Crippen LogP contribution is 2.25. The summed E-state index contributed by atoms with van der Waals surface area (Å²) in [5.74, 6) is 0.228. The summed E-state index contributed by atoms with van der Waals surface area (Å²) in [6, 6.07) is 10.2. The Labute approximate surface area is 189 Å². The van der Waals surface area contributed by atoms with E-state index in [1.54, 1.807) is 10.7 Å². The van der Waals surface area contributed by atoms with Crippen LogP contribution in [0.3, 0.4) is 0 Å². The summed E-state index contributed by atoms with van der Waals surface area (Å²) in [5, 5.41) is 8.69. The highest BCUT2D eigenvalue weighted by atomic mass is 16.2. The number of fused-ring (bicyclic) bond motifs is 1. The number of aryl methyl sites for hydroxylation is 2. The molecule has 7 nitrogen and oxygen atoms in total. The second-order valence-electron chi connectivity index (χ2n) is 8.76. The molecule has 1 saturated heterocycles. The highest BCUT2D eigenvalue weighted by molar-refractivity contribution is 5.92. The van der Waals surface area contributed by atoms with Crippen LogP contribution in [0.15, 0.2) is 36.5 Å². The number of nitrogens with one attached hydrogen (secondary N) is 1. The molecule has 0 radical (unpaired) electrons. The second kappa shape index (κ2) is 9.59. The largest absolute Gasteiger partial charge is 0.356 e. The van der Waals surface area contributed by atoms with Gasteiger partial charge in [0.25, 0.3) is 5.91 Å². The van der Waals surface area contributed by atoms with E-state index in [2.05, 4.69) is 53.2 Å². The van der Waals surface area contributed by atoms with Crippen molar-refractivity contribution in [3.8, 4) is 0 Å². The molecule has 0 unspecified atom stereocenters. The number of nitrogens with zero attached hydrogens (tertiary/aromatic N) is 4. The van der Waals surface area contributed by atoms with Crippen molar-refractivity contribution in [2.75, 3.05) is 19.6 Å². The van der Waals surface area contributed by atoms with Crippen LogP contribution < -0.4 is 5.32 Å². The summed E-state index contributed by atoms with van der Waals surface area (Å²) in [6.07, 6.45) is 5.01. The molecule has 7 heteroatoms. The van der Waals surface area contributed by atoms with Crippen LogP contribution in [0.4, 0.5) is 0 Å². The van der Waals surface area contributed by atoms with E-state index < -0.39 is 0 Å². The molecule has 3 heterocycles. The van der Waals surface area contributed by atoms with Gasteiger partial charge in [-0.2, -0.15) is 5.10 Å². The number of amides is 2. The maximum atomic E-state index is 12.8. The lowest BCUT2D eigenvalue weighted by molar-refractivity contribution is -0.122. The number of carbonyl (C=O) groups excluding carboxylic acids is 2. The van der Waals surface area contributed by atoms with E-state index >= 15 is 0 Å². The first kappa shape index (κ1) is 22.1.